The standard InChI is InChI=1S/C10H4F4/c11-6-3-5-1-2-7(12)10(14)9(5)8(13)4-6/h1-4H. The molecule has 14 heavy (non-hydrogen) atoms. The highest BCUT2D eigenvalue weighted by atomic mass is 19.2. The van der Waals surface area contributed by atoms with Gasteiger partial charge in [-0.25, -0.2) is 17.6 Å². The summed E-state index contributed by atoms with van der Waals surface area (Å²) in [5.41, 5.74) is 0. The lowest BCUT2D eigenvalue weighted by atomic mass is 10.1. The molecule has 0 atom stereocenters. The first-order chi connectivity index (χ1) is 6.59. The van der Waals surface area contributed by atoms with E-state index in [0.29, 0.717) is 6.07 Å². The van der Waals surface area contributed by atoms with E-state index in [9.17, 15) is 17.6 Å². The zero-order valence-corrected chi connectivity index (χ0v) is 6.82. The highest BCUT2D eigenvalue weighted by Gasteiger charge is 2.12. The zero-order valence-electron chi connectivity index (χ0n) is 6.82. The van der Waals surface area contributed by atoms with Gasteiger partial charge in [-0.05, 0) is 17.5 Å². The largest absolute Gasteiger partial charge is 0.207 e. The van der Waals surface area contributed by atoms with Gasteiger partial charge in [-0.1, -0.05) is 6.07 Å². The van der Waals surface area contributed by atoms with Crippen molar-refractivity contribution >= 4 is 10.8 Å². The molecule has 0 heterocycles. The molecule has 0 fully saturated rings. The lowest BCUT2D eigenvalue weighted by molar-refractivity contribution is 0.510. The average molecular weight is 200 g/mol. The summed E-state index contributed by atoms with van der Waals surface area (Å²) in [5.74, 6) is -4.36. The molecule has 2 aromatic carbocycles. The first-order valence-corrected chi connectivity index (χ1v) is 3.82. The molecule has 0 aromatic heterocycles. The van der Waals surface area contributed by atoms with Gasteiger partial charge in [0.05, 0.1) is 5.39 Å². The molecule has 0 nitrogen and oxygen atoms in total. The molecular weight excluding hydrogens is 196 g/mol. The molecule has 0 aliphatic rings. The summed E-state index contributed by atoms with van der Waals surface area (Å²) in [6.45, 7) is 0. The molecule has 2 rings (SSSR count). The van der Waals surface area contributed by atoms with Crippen molar-refractivity contribution in [3.05, 3.63) is 47.5 Å². The summed E-state index contributed by atoms with van der Waals surface area (Å²) in [6, 6.07) is 3.42. The fraction of sp³-hybridized carbons (Fsp3) is 0. The van der Waals surface area contributed by atoms with Gasteiger partial charge in [0.15, 0.2) is 11.6 Å². The van der Waals surface area contributed by atoms with Gasteiger partial charge in [-0.3, -0.25) is 0 Å². The maximum Gasteiger partial charge on any atom is 0.169 e. The van der Waals surface area contributed by atoms with E-state index >= 15 is 0 Å². The van der Waals surface area contributed by atoms with Gasteiger partial charge < -0.3 is 0 Å². The summed E-state index contributed by atoms with van der Waals surface area (Å²) in [5, 5.41) is -0.521. The number of rotatable bonds is 0. The third-order valence-electron chi connectivity index (χ3n) is 1.92. The normalized spacial score (nSPS) is 10.9. The predicted molar refractivity (Wildman–Crippen MR) is 43.8 cm³/mol. The summed E-state index contributed by atoms with van der Waals surface area (Å²) in [7, 11) is 0. The summed E-state index contributed by atoms with van der Waals surface area (Å²) >= 11 is 0. The molecule has 0 saturated carbocycles. The number of fused-ring (bicyclic) bond motifs is 1. The maximum atomic E-state index is 13.1. The second-order valence-corrected chi connectivity index (χ2v) is 2.85. The molecule has 0 spiro atoms. The van der Waals surface area contributed by atoms with Crippen LogP contribution in [0.2, 0.25) is 0 Å². The Morgan fingerprint density at radius 1 is 0.786 bits per heavy atom. The van der Waals surface area contributed by atoms with Gasteiger partial charge in [0.25, 0.3) is 0 Å². The van der Waals surface area contributed by atoms with E-state index in [1.165, 1.54) is 0 Å². The first kappa shape index (κ1) is 8.99. The monoisotopic (exact) mass is 200 g/mol. The number of hydrogen-bond acceptors (Lipinski definition) is 0. The molecule has 0 aliphatic carbocycles. The third kappa shape index (κ3) is 1.23. The molecule has 72 valence electrons. The molecule has 0 bridgehead atoms. The SMILES string of the molecule is Fc1cc(F)c2c(F)c(F)ccc2c1. The minimum Gasteiger partial charge on any atom is -0.207 e. The van der Waals surface area contributed by atoms with E-state index < -0.39 is 28.7 Å². The second kappa shape index (κ2) is 2.97. The number of benzene rings is 2. The number of halogens is 4. The van der Waals surface area contributed by atoms with Gasteiger partial charge in [0.2, 0.25) is 0 Å². The van der Waals surface area contributed by atoms with Crippen LogP contribution >= 0.6 is 0 Å². The fourth-order valence-corrected chi connectivity index (χ4v) is 1.31. The van der Waals surface area contributed by atoms with Gasteiger partial charge in [0.1, 0.15) is 11.6 Å². The van der Waals surface area contributed by atoms with E-state index in [2.05, 4.69) is 0 Å². The molecular formula is C10H4F4. The Balaban J connectivity index is 2.95. The average Bonchev–Trinajstić information content (AvgIpc) is 2.10. The minimum absolute atomic E-state index is 0.00130. The Morgan fingerprint density at radius 2 is 1.50 bits per heavy atom. The zero-order chi connectivity index (χ0) is 10.3. The van der Waals surface area contributed by atoms with Crippen molar-refractivity contribution < 1.29 is 17.6 Å². The van der Waals surface area contributed by atoms with Crippen LogP contribution < -0.4 is 0 Å². The fourth-order valence-electron chi connectivity index (χ4n) is 1.31. The molecule has 0 aliphatic heterocycles. The van der Waals surface area contributed by atoms with Crippen LogP contribution in [-0.2, 0) is 0 Å². The van der Waals surface area contributed by atoms with Gasteiger partial charge in [0, 0.05) is 6.07 Å². The number of hydrogen-bond donors (Lipinski definition) is 0. The minimum atomic E-state index is -1.29. The highest BCUT2D eigenvalue weighted by Crippen LogP contribution is 2.24. The molecule has 4 heteroatoms. The van der Waals surface area contributed by atoms with Crippen LogP contribution in [0.15, 0.2) is 24.3 Å². The molecule has 0 amide bonds. The Morgan fingerprint density at radius 3 is 2.21 bits per heavy atom. The van der Waals surface area contributed by atoms with Crippen molar-refractivity contribution in [2.24, 2.45) is 0 Å². The van der Waals surface area contributed by atoms with Gasteiger partial charge in [-0.15, -0.1) is 0 Å². The van der Waals surface area contributed by atoms with E-state index in [1.807, 2.05) is 0 Å². The van der Waals surface area contributed by atoms with Gasteiger partial charge in [-0.2, -0.15) is 0 Å². The van der Waals surface area contributed by atoms with Crippen molar-refractivity contribution in [3.63, 3.8) is 0 Å². The van der Waals surface area contributed by atoms with Crippen LogP contribution in [0.3, 0.4) is 0 Å². The van der Waals surface area contributed by atoms with E-state index in [0.717, 1.165) is 18.2 Å². The van der Waals surface area contributed by atoms with E-state index in [-0.39, 0.29) is 5.39 Å². The Labute approximate surface area is 76.8 Å². The Bertz CT molecular complexity index is 505. The lowest BCUT2D eigenvalue weighted by Gasteiger charge is -2.01. The molecule has 0 saturated heterocycles. The topological polar surface area (TPSA) is 0 Å². The molecule has 0 N–H and O–H groups in total. The van der Waals surface area contributed by atoms with Crippen LogP contribution in [0.25, 0.3) is 10.8 Å². The Hall–Kier alpha value is -1.58. The maximum absolute atomic E-state index is 13.1. The van der Waals surface area contributed by atoms with Crippen LogP contribution in [-0.4, -0.2) is 0 Å². The second-order valence-electron chi connectivity index (χ2n) is 2.85. The van der Waals surface area contributed by atoms with Crippen molar-refractivity contribution in [1.82, 2.24) is 0 Å². The van der Waals surface area contributed by atoms with Crippen LogP contribution in [0.5, 0.6) is 0 Å². The quantitative estimate of drug-likeness (QED) is 0.572. The molecule has 2 aromatic rings. The van der Waals surface area contributed by atoms with E-state index in [1.54, 1.807) is 0 Å². The van der Waals surface area contributed by atoms with Crippen molar-refractivity contribution in [2.75, 3.05) is 0 Å². The summed E-state index contributed by atoms with van der Waals surface area (Å²) < 4.78 is 51.5. The lowest BCUT2D eigenvalue weighted by Crippen LogP contribution is -1.91. The summed E-state index contributed by atoms with van der Waals surface area (Å²) in [4.78, 5) is 0. The third-order valence-corrected chi connectivity index (χ3v) is 1.92. The van der Waals surface area contributed by atoms with Gasteiger partial charge >= 0.3 is 0 Å². The predicted octanol–water partition coefficient (Wildman–Crippen LogP) is 3.40. The summed E-state index contributed by atoms with van der Waals surface area (Å²) in [6.07, 6.45) is 0. The van der Waals surface area contributed by atoms with Crippen LogP contribution in [0.4, 0.5) is 17.6 Å². The Kier molecular flexibility index (Phi) is 1.91. The first-order valence-electron chi connectivity index (χ1n) is 3.82. The van der Waals surface area contributed by atoms with Crippen LogP contribution in [0, 0.1) is 23.3 Å². The highest BCUT2D eigenvalue weighted by molar-refractivity contribution is 5.83. The van der Waals surface area contributed by atoms with Crippen molar-refractivity contribution in [2.45, 2.75) is 0 Å². The van der Waals surface area contributed by atoms with E-state index in [4.69, 9.17) is 0 Å². The molecule has 0 unspecified atom stereocenters. The molecule has 0 radical (unpaired) electrons. The van der Waals surface area contributed by atoms with Crippen LogP contribution in [0.1, 0.15) is 0 Å². The smallest absolute Gasteiger partial charge is 0.169 e. The van der Waals surface area contributed by atoms with Crippen molar-refractivity contribution in [1.29, 1.82) is 0 Å². The van der Waals surface area contributed by atoms with Crippen molar-refractivity contribution in [3.8, 4) is 0 Å².